The maximum Gasteiger partial charge on any atom is 0.227 e. The van der Waals surface area contributed by atoms with Gasteiger partial charge in [-0.25, -0.2) is 4.98 Å². The van der Waals surface area contributed by atoms with Crippen molar-refractivity contribution >= 4 is 29.9 Å². The van der Waals surface area contributed by atoms with Crippen LogP contribution >= 0.6 is 24.0 Å². The van der Waals surface area contributed by atoms with E-state index in [1.54, 1.807) is 6.20 Å². The average molecular weight is 355 g/mol. The highest BCUT2D eigenvalue weighted by Gasteiger charge is 2.30. The van der Waals surface area contributed by atoms with Crippen LogP contribution in [0.1, 0.15) is 17.4 Å². The first kappa shape index (κ1) is 17.8. The Morgan fingerprint density at radius 1 is 1.39 bits per heavy atom. The van der Waals surface area contributed by atoms with Gasteiger partial charge in [-0.3, -0.25) is 4.79 Å². The van der Waals surface area contributed by atoms with E-state index in [4.69, 9.17) is 11.6 Å². The minimum atomic E-state index is -0.0199. The fourth-order valence-electron chi connectivity index (χ4n) is 2.81. The summed E-state index contributed by atoms with van der Waals surface area (Å²) in [5.41, 5.74) is 0.978. The third-order valence-electron chi connectivity index (χ3n) is 3.99. The molecule has 1 atom stereocenters. The first-order chi connectivity index (χ1) is 10.6. The molecule has 0 aliphatic carbocycles. The third-order valence-corrected chi connectivity index (χ3v) is 4.24. The van der Waals surface area contributed by atoms with E-state index in [1.165, 1.54) is 0 Å². The number of aromatic nitrogens is 2. The highest BCUT2D eigenvalue weighted by atomic mass is 35.5. The van der Waals surface area contributed by atoms with Gasteiger partial charge in [0.2, 0.25) is 5.91 Å². The van der Waals surface area contributed by atoms with Crippen LogP contribution in [0.25, 0.3) is 0 Å². The van der Waals surface area contributed by atoms with Crippen LogP contribution in [0.5, 0.6) is 0 Å². The summed E-state index contributed by atoms with van der Waals surface area (Å²) in [5, 5.41) is 4.03. The summed E-state index contributed by atoms with van der Waals surface area (Å²) in [5.74, 6) is 1.04. The first-order valence-electron chi connectivity index (χ1n) is 7.37. The second-order valence-corrected chi connectivity index (χ2v) is 5.94. The predicted octanol–water partition coefficient (Wildman–Crippen LogP) is 2.21. The van der Waals surface area contributed by atoms with Crippen molar-refractivity contribution < 1.29 is 4.79 Å². The number of carbonyl (C=O) groups excluding carboxylic acids is 1. The fourth-order valence-corrected chi connectivity index (χ4v) is 2.94. The van der Waals surface area contributed by atoms with E-state index in [0.29, 0.717) is 18.0 Å². The maximum atomic E-state index is 12.7. The molecular weight excluding hydrogens is 335 g/mol. The van der Waals surface area contributed by atoms with Gasteiger partial charge in [0.25, 0.3) is 0 Å². The Morgan fingerprint density at radius 3 is 2.78 bits per heavy atom. The van der Waals surface area contributed by atoms with Gasteiger partial charge in [-0.15, -0.1) is 12.4 Å². The molecule has 5 nitrogen and oxygen atoms in total. The molecule has 1 amide bonds. The second kappa shape index (κ2) is 7.81. The number of piperazine rings is 1. The number of imidazole rings is 1. The van der Waals surface area contributed by atoms with Gasteiger partial charge < -0.3 is 14.8 Å². The van der Waals surface area contributed by atoms with Gasteiger partial charge in [-0.05, 0) is 17.7 Å². The lowest BCUT2D eigenvalue weighted by molar-refractivity contribution is -0.134. The Kier molecular flexibility index (Phi) is 6.04. The molecule has 1 N–H and O–H groups in total. The Hall–Kier alpha value is -1.56. The summed E-state index contributed by atoms with van der Waals surface area (Å²) in [6.07, 6.45) is 4.07. The van der Waals surface area contributed by atoms with E-state index < -0.39 is 0 Å². The molecule has 2 aromatic rings. The average Bonchev–Trinajstić information content (AvgIpc) is 2.95. The van der Waals surface area contributed by atoms with Crippen molar-refractivity contribution in [2.75, 3.05) is 19.6 Å². The summed E-state index contributed by atoms with van der Waals surface area (Å²) >= 11 is 5.89. The molecule has 1 saturated heterocycles. The Morgan fingerprint density at radius 2 is 2.13 bits per heavy atom. The number of amides is 1. The maximum absolute atomic E-state index is 12.7. The molecular formula is C16H20Cl2N4O. The molecule has 7 heteroatoms. The largest absolute Gasteiger partial charge is 0.336 e. The Labute approximate surface area is 147 Å². The number of rotatable bonds is 3. The summed E-state index contributed by atoms with van der Waals surface area (Å²) in [6.45, 7) is 2.24. The van der Waals surface area contributed by atoms with E-state index >= 15 is 0 Å². The van der Waals surface area contributed by atoms with Crippen LogP contribution < -0.4 is 5.32 Å². The van der Waals surface area contributed by atoms with Crippen molar-refractivity contribution in [3.05, 3.63) is 53.1 Å². The number of carbonyl (C=O) groups is 1. The van der Waals surface area contributed by atoms with Crippen LogP contribution in [0.15, 0.2) is 36.7 Å². The number of halogens is 2. The van der Waals surface area contributed by atoms with E-state index in [-0.39, 0.29) is 24.4 Å². The zero-order valence-corrected chi connectivity index (χ0v) is 14.5. The minimum absolute atomic E-state index is 0. The van der Waals surface area contributed by atoms with Crippen molar-refractivity contribution in [1.29, 1.82) is 0 Å². The lowest BCUT2D eigenvalue weighted by Crippen LogP contribution is -2.49. The van der Waals surface area contributed by atoms with Crippen LogP contribution in [0.2, 0.25) is 5.02 Å². The van der Waals surface area contributed by atoms with Gasteiger partial charge in [0, 0.05) is 44.1 Å². The zero-order chi connectivity index (χ0) is 15.5. The van der Waals surface area contributed by atoms with E-state index in [9.17, 15) is 4.79 Å². The van der Waals surface area contributed by atoms with Gasteiger partial charge >= 0.3 is 0 Å². The predicted molar refractivity (Wildman–Crippen MR) is 92.9 cm³/mol. The van der Waals surface area contributed by atoms with Gasteiger partial charge in [-0.1, -0.05) is 23.7 Å². The normalized spacial score (nSPS) is 17.7. The molecule has 23 heavy (non-hydrogen) atoms. The van der Waals surface area contributed by atoms with Crippen LogP contribution in [0.4, 0.5) is 0 Å². The van der Waals surface area contributed by atoms with Crippen molar-refractivity contribution in [3.8, 4) is 0 Å². The molecule has 2 heterocycles. The summed E-state index contributed by atoms with van der Waals surface area (Å²) in [4.78, 5) is 19.0. The van der Waals surface area contributed by atoms with Gasteiger partial charge in [0.1, 0.15) is 11.9 Å². The standard InChI is InChI=1S/C16H19ClN4O.ClH/c1-20-8-7-19-16(20)14-11-18-6-9-21(14)15(22)10-12-2-4-13(17)5-3-12;/h2-5,7-8,14,18H,6,9-11H2,1H3;1H. The monoisotopic (exact) mass is 354 g/mol. The molecule has 0 bridgehead atoms. The van der Waals surface area contributed by atoms with E-state index in [0.717, 1.165) is 24.5 Å². The lowest BCUT2D eigenvalue weighted by atomic mass is 10.1. The summed E-state index contributed by atoms with van der Waals surface area (Å²) < 4.78 is 1.97. The molecule has 1 aromatic carbocycles. The molecule has 0 saturated carbocycles. The number of benzene rings is 1. The lowest BCUT2D eigenvalue weighted by Gasteiger charge is -2.35. The summed E-state index contributed by atoms with van der Waals surface area (Å²) in [7, 11) is 1.96. The summed E-state index contributed by atoms with van der Waals surface area (Å²) in [6, 6.07) is 7.42. The molecule has 1 aliphatic heterocycles. The van der Waals surface area contributed by atoms with Crippen molar-refractivity contribution in [2.45, 2.75) is 12.5 Å². The molecule has 1 aliphatic rings. The smallest absolute Gasteiger partial charge is 0.227 e. The first-order valence-corrected chi connectivity index (χ1v) is 7.75. The Bertz CT molecular complexity index is 656. The quantitative estimate of drug-likeness (QED) is 0.919. The highest BCUT2D eigenvalue weighted by Crippen LogP contribution is 2.21. The molecule has 3 rings (SSSR count). The van der Waals surface area contributed by atoms with Gasteiger partial charge in [0.15, 0.2) is 0 Å². The molecule has 1 aromatic heterocycles. The van der Waals surface area contributed by atoms with E-state index in [2.05, 4.69) is 10.3 Å². The minimum Gasteiger partial charge on any atom is -0.336 e. The van der Waals surface area contributed by atoms with Crippen molar-refractivity contribution in [3.63, 3.8) is 0 Å². The van der Waals surface area contributed by atoms with Crippen LogP contribution in [0, 0.1) is 0 Å². The molecule has 0 spiro atoms. The van der Waals surface area contributed by atoms with Crippen LogP contribution in [-0.4, -0.2) is 40.0 Å². The van der Waals surface area contributed by atoms with Gasteiger partial charge in [-0.2, -0.15) is 0 Å². The molecule has 0 radical (unpaired) electrons. The number of hydrogen-bond donors (Lipinski definition) is 1. The number of nitrogens with zero attached hydrogens (tertiary/aromatic N) is 3. The van der Waals surface area contributed by atoms with Crippen LogP contribution in [0.3, 0.4) is 0 Å². The van der Waals surface area contributed by atoms with E-state index in [1.807, 2.05) is 47.0 Å². The van der Waals surface area contributed by atoms with Crippen molar-refractivity contribution in [1.82, 2.24) is 19.8 Å². The Balaban J connectivity index is 0.00000192. The number of nitrogens with one attached hydrogen (secondary N) is 1. The van der Waals surface area contributed by atoms with Crippen LogP contribution in [-0.2, 0) is 18.3 Å². The topological polar surface area (TPSA) is 50.2 Å². The van der Waals surface area contributed by atoms with Crippen molar-refractivity contribution in [2.24, 2.45) is 7.05 Å². The zero-order valence-electron chi connectivity index (χ0n) is 12.9. The molecule has 1 fully saturated rings. The SMILES string of the molecule is Cl.Cn1ccnc1C1CNCCN1C(=O)Cc1ccc(Cl)cc1. The third kappa shape index (κ3) is 4.05. The van der Waals surface area contributed by atoms with Gasteiger partial charge in [0.05, 0.1) is 6.42 Å². The fraction of sp³-hybridized carbons (Fsp3) is 0.375. The second-order valence-electron chi connectivity index (χ2n) is 5.51. The molecule has 124 valence electrons. The number of hydrogen-bond acceptors (Lipinski definition) is 3. The molecule has 1 unspecified atom stereocenters. The number of aryl methyl sites for hydroxylation is 1. The highest BCUT2D eigenvalue weighted by molar-refractivity contribution is 6.30.